The molecule has 1 saturated carbocycles. The van der Waals surface area contributed by atoms with Gasteiger partial charge in [-0.1, -0.05) is 19.3 Å². The van der Waals surface area contributed by atoms with Gasteiger partial charge < -0.3 is 14.8 Å². The molecular formula is C12H23NO3. The maximum Gasteiger partial charge on any atom is 0.407 e. The molecular weight excluding hydrogens is 206 g/mol. The number of carbonyl (C=O) groups is 1. The summed E-state index contributed by atoms with van der Waals surface area (Å²) in [5.74, 6) is 0. The van der Waals surface area contributed by atoms with E-state index in [4.69, 9.17) is 9.47 Å². The molecule has 1 rings (SSSR count). The molecule has 16 heavy (non-hydrogen) atoms. The van der Waals surface area contributed by atoms with Crippen LogP contribution in [0.3, 0.4) is 0 Å². The number of hydrogen-bond donors (Lipinski definition) is 1. The summed E-state index contributed by atoms with van der Waals surface area (Å²) in [6.45, 7) is 4.72. The summed E-state index contributed by atoms with van der Waals surface area (Å²) in [5, 5.41) is 2.89. The Kier molecular flexibility index (Phi) is 6.23. The second kappa shape index (κ2) is 7.49. The van der Waals surface area contributed by atoms with Gasteiger partial charge in [0, 0.05) is 6.04 Å². The Labute approximate surface area is 97.7 Å². The standard InChI is InChI=1S/C12H23NO3/c1-10(2)15-8-9-16-12(14)13-11-6-4-3-5-7-11/h10-11H,3-9H2,1-2H3,(H,13,14). The van der Waals surface area contributed by atoms with Gasteiger partial charge in [0.1, 0.15) is 6.61 Å². The zero-order valence-corrected chi connectivity index (χ0v) is 10.3. The quantitative estimate of drug-likeness (QED) is 0.737. The summed E-state index contributed by atoms with van der Waals surface area (Å²) in [7, 11) is 0. The molecule has 0 unspecified atom stereocenters. The zero-order chi connectivity index (χ0) is 11.8. The Bertz CT molecular complexity index is 200. The number of nitrogens with one attached hydrogen (secondary N) is 1. The van der Waals surface area contributed by atoms with E-state index in [1.165, 1.54) is 19.3 Å². The van der Waals surface area contributed by atoms with E-state index in [1.807, 2.05) is 13.8 Å². The summed E-state index contributed by atoms with van der Waals surface area (Å²) in [5.41, 5.74) is 0. The second-order valence-corrected chi connectivity index (χ2v) is 4.53. The van der Waals surface area contributed by atoms with Crippen LogP contribution >= 0.6 is 0 Å². The van der Waals surface area contributed by atoms with Gasteiger partial charge in [-0.05, 0) is 26.7 Å². The first-order valence-corrected chi connectivity index (χ1v) is 6.23. The van der Waals surface area contributed by atoms with Crippen LogP contribution in [0.5, 0.6) is 0 Å². The molecule has 94 valence electrons. The zero-order valence-electron chi connectivity index (χ0n) is 10.3. The van der Waals surface area contributed by atoms with Crippen LogP contribution in [0.1, 0.15) is 46.0 Å². The van der Waals surface area contributed by atoms with Crippen molar-refractivity contribution in [3.05, 3.63) is 0 Å². The second-order valence-electron chi connectivity index (χ2n) is 4.53. The van der Waals surface area contributed by atoms with Crippen molar-refractivity contribution < 1.29 is 14.3 Å². The van der Waals surface area contributed by atoms with Crippen molar-refractivity contribution in [2.45, 2.75) is 58.1 Å². The average Bonchev–Trinajstić information content (AvgIpc) is 2.25. The number of carbonyl (C=O) groups excluding carboxylic acids is 1. The maximum atomic E-state index is 11.4. The van der Waals surface area contributed by atoms with Crippen molar-refractivity contribution >= 4 is 6.09 Å². The lowest BCUT2D eigenvalue weighted by molar-refractivity contribution is 0.0385. The van der Waals surface area contributed by atoms with Gasteiger partial charge in [0.05, 0.1) is 12.7 Å². The first kappa shape index (κ1) is 13.3. The summed E-state index contributed by atoms with van der Waals surface area (Å²) < 4.78 is 10.3. The van der Waals surface area contributed by atoms with E-state index >= 15 is 0 Å². The normalized spacial score (nSPS) is 17.4. The average molecular weight is 229 g/mol. The van der Waals surface area contributed by atoms with Gasteiger partial charge in [0.15, 0.2) is 0 Å². The Morgan fingerprint density at radius 2 is 1.94 bits per heavy atom. The van der Waals surface area contributed by atoms with Gasteiger partial charge in [-0.3, -0.25) is 0 Å². The van der Waals surface area contributed by atoms with Gasteiger partial charge >= 0.3 is 6.09 Å². The van der Waals surface area contributed by atoms with E-state index in [0.717, 1.165) is 12.8 Å². The molecule has 0 aromatic carbocycles. The predicted octanol–water partition coefficient (Wildman–Crippen LogP) is 2.47. The molecule has 0 aliphatic heterocycles. The molecule has 0 bridgehead atoms. The Morgan fingerprint density at radius 3 is 2.56 bits per heavy atom. The van der Waals surface area contributed by atoms with Gasteiger partial charge in [-0.25, -0.2) is 4.79 Å². The Balaban J connectivity index is 2.01. The lowest BCUT2D eigenvalue weighted by atomic mass is 9.96. The minimum absolute atomic E-state index is 0.185. The van der Waals surface area contributed by atoms with Crippen LogP contribution in [-0.2, 0) is 9.47 Å². The fourth-order valence-corrected chi connectivity index (χ4v) is 1.87. The summed E-state index contributed by atoms with van der Waals surface area (Å²) >= 11 is 0. The fourth-order valence-electron chi connectivity index (χ4n) is 1.87. The number of amides is 1. The molecule has 4 heteroatoms. The highest BCUT2D eigenvalue weighted by Crippen LogP contribution is 2.17. The van der Waals surface area contributed by atoms with Crippen molar-refractivity contribution in [2.24, 2.45) is 0 Å². The van der Waals surface area contributed by atoms with Gasteiger partial charge in [0.25, 0.3) is 0 Å². The van der Waals surface area contributed by atoms with Crippen molar-refractivity contribution in [2.75, 3.05) is 13.2 Å². The molecule has 0 spiro atoms. The maximum absolute atomic E-state index is 11.4. The highest BCUT2D eigenvalue weighted by Gasteiger charge is 2.15. The van der Waals surface area contributed by atoms with Crippen LogP contribution in [0.15, 0.2) is 0 Å². The molecule has 1 aliphatic rings. The molecule has 1 amide bonds. The van der Waals surface area contributed by atoms with Crippen molar-refractivity contribution in [3.8, 4) is 0 Å². The SMILES string of the molecule is CC(C)OCCOC(=O)NC1CCCCC1. The highest BCUT2D eigenvalue weighted by molar-refractivity contribution is 5.67. The first-order chi connectivity index (χ1) is 7.68. The number of ether oxygens (including phenoxy) is 2. The van der Waals surface area contributed by atoms with Crippen LogP contribution in [0.25, 0.3) is 0 Å². The van der Waals surface area contributed by atoms with Crippen molar-refractivity contribution in [1.82, 2.24) is 5.32 Å². The number of alkyl carbamates (subject to hydrolysis) is 1. The van der Waals surface area contributed by atoms with E-state index in [-0.39, 0.29) is 12.2 Å². The van der Waals surface area contributed by atoms with Crippen LogP contribution in [0, 0.1) is 0 Å². The molecule has 1 aliphatic carbocycles. The van der Waals surface area contributed by atoms with Crippen LogP contribution in [0.2, 0.25) is 0 Å². The fraction of sp³-hybridized carbons (Fsp3) is 0.917. The van der Waals surface area contributed by atoms with E-state index in [2.05, 4.69) is 5.32 Å². The topological polar surface area (TPSA) is 47.6 Å². The predicted molar refractivity (Wildman–Crippen MR) is 62.4 cm³/mol. The molecule has 1 fully saturated rings. The molecule has 0 atom stereocenters. The lowest BCUT2D eigenvalue weighted by Gasteiger charge is -2.22. The molecule has 1 N–H and O–H groups in total. The number of hydrogen-bond acceptors (Lipinski definition) is 3. The molecule has 0 aromatic rings. The third-order valence-electron chi connectivity index (χ3n) is 2.69. The van der Waals surface area contributed by atoms with E-state index < -0.39 is 0 Å². The summed E-state index contributed by atoms with van der Waals surface area (Å²) in [6, 6.07) is 0.312. The van der Waals surface area contributed by atoms with Gasteiger partial charge in [0.2, 0.25) is 0 Å². The monoisotopic (exact) mass is 229 g/mol. The molecule has 0 heterocycles. The van der Waals surface area contributed by atoms with Crippen molar-refractivity contribution in [1.29, 1.82) is 0 Å². The minimum atomic E-state index is -0.306. The molecule has 0 saturated heterocycles. The Morgan fingerprint density at radius 1 is 1.25 bits per heavy atom. The lowest BCUT2D eigenvalue weighted by Crippen LogP contribution is -2.37. The van der Waals surface area contributed by atoms with Crippen LogP contribution in [0.4, 0.5) is 4.79 Å². The van der Waals surface area contributed by atoms with Crippen LogP contribution < -0.4 is 5.32 Å². The third kappa shape index (κ3) is 5.95. The van der Waals surface area contributed by atoms with Crippen LogP contribution in [-0.4, -0.2) is 31.5 Å². The number of rotatable bonds is 5. The molecule has 4 nitrogen and oxygen atoms in total. The minimum Gasteiger partial charge on any atom is -0.447 e. The largest absolute Gasteiger partial charge is 0.447 e. The summed E-state index contributed by atoms with van der Waals surface area (Å²) in [6.07, 6.45) is 5.75. The van der Waals surface area contributed by atoms with E-state index in [1.54, 1.807) is 0 Å². The molecule has 0 radical (unpaired) electrons. The van der Waals surface area contributed by atoms with Gasteiger partial charge in [-0.2, -0.15) is 0 Å². The smallest absolute Gasteiger partial charge is 0.407 e. The Hall–Kier alpha value is -0.770. The molecule has 0 aromatic heterocycles. The van der Waals surface area contributed by atoms with E-state index in [9.17, 15) is 4.79 Å². The highest BCUT2D eigenvalue weighted by atomic mass is 16.6. The third-order valence-corrected chi connectivity index (χ3v) is 2.69. The van der Waals surface area contributed by atoms with Crippen molar-refractivity contribution in [3.63, 3.8) is 0 Å². The van der Waals surface area contributed by atoms with Gasteiger partial charge in [-0.15, -0.1) is 0 Å². The van der Waals surface area contributed by atoms with E-state index in [0.29, 0.717) is 19.3 Å². The first-order valence-electron chi connectivity index (χ1n) is 6.23. The summed E-state index contributed by atoms with van der Waals surface area (Å²) in [4.78, 5) is 11.4.